The van der Waals surface area contributed by atoms with E-state index >= 15 is 0 Å². The highest BCUT2D eigenvalue weighted by Crippen LogP contribution is 2.20. The molecular weight excluding hydrogens is 358 g/mol. The van der Waals surface area contributed by atoms with Gasteiger partial charge in [0.05, 0.1) is 11.0 Å². The van der Waals surface area contributed by atoms with Crippen LogP contribution in [0.2, 0.25) is 0 Å². The predicted octanol–water partition coefficient (Wildman–Crippen LogP) is 3.59. The predicted molar refractivity (Wildman–Crippen MR) is 104 cm³/mol. The van der Waals surface area contributed by atoms with Crippen LogP contribution in [0.3, 0.4) is 0 Å². The molecule has 0 bridgehead atoms. The maximum Gasteiger partial charge on any atom is 0.344 e. The Morgan fingerprint density at radius 2 is 2.00 bits per heavy atom. The fourth-order valence-electron chi connectivity index (χ4n) is 2.69. The molecule has 7 heteroatoms. The molecule has 0 aliphatic rings. The SMILES string of the molecule is Cc1ccc(OCC(=O)OC/C(O)=C(\C#N)c2nc3ccccc3[nH]2)c(C)c1. The van der Waals surface area contributed by atoms with Crippen molar-refractivity contribution >= 4 is 22.6 Å². The molecule has 0 fully saturated rings. The van der Waals surface area contributed by atoms with Crippen molar-refractivity contribution in [3.05, 3.63) is 65.2 Å². The average molecular weight is 377 g/mol. The van der Waals surface area contributed by atoms with Crippen molar-refractivity contribution in [1.82, 2.24) is 9.97 Å². The number of aromatic nitrogens is 2. The van der Waals surface area contributed by atoms with Gasteiger partial charge in [-0.3, -0.25) is 0 Å². The second kappa shape index (κ2) is 8.27. The summed E-state index contributed by atoms with van der Waals surface area (Å²) in [4.78, 5) is 19.1. The molecule has 0 aliphatic heterocycles. The molecular formula is C21H19N3O4. The summed E-state index contributed by atoms with van der Waals surface area (Å²) >= 11 is 0. The van der Waals surface area contributed by atoms with Crippen LogP contribution >= 0.6 is 0 Å². The standard InChI is InChI=1S/C21H19N3O4/c1-13-7-8-19(14(2)9-13)27-12-20(26)28-11-18(25)15(10-22)21-23-16-5-3-4-6-17(16)24-21/h3-9,25H,11-12H2,1-2H3,(H,23,24)/b18-15-. The number of rotatable bonds is 6. The molecule has 3 rings (SSSR count). The highest BCUT2D eigenvalue weighted by molar-refractivity contribution is 5.83. The fraction of sp³-hybridized carbons (Fsp3) is 0.190. The van der Waals surface area contributed by atoms with Gasteiger partial charge in [-0.1, -0.05) is 29.8 Å². The van der Waals surface area contributed by atoms with E-state index in [1.54, 1.807) is 12.1 Å². The van der Waals surface area contributed by atoms with E-state index in [1.165, 1.54) is 0 Å². The molecule has 0 atom stereocenters. The Kier molecular flexibility index (Phi) is 5.61. The van der Waals surface area contributed by atoms with Gasteiger partial charge in [0.2, 0.25) is 0 Å². The number of nitrogens with zero attached hydrogens (tertiary/aromatic N) is 2. The molecule has 0 aliphatic carbocycles. The number of aliphatic hydroxyl groups excluding tert-OH is 1. The number of aryl methyl sites for hydroxylation is 2. The van der Waals surface area contributed by atoms with Gasteiger partial charge in [0.25, 0.3) is 0 Å². The molecule has 7 nitrogen and oxygen atoms in total. The fourth-order valence-corrected chi connectivity index (χ4v) is 2.69. The lowest BCUT2D eigenvalue weighted by Crippen LogP contribution is -2.17. The molecule has 2 N–H and O–H groups in total. The number of nitriles is 1. The lowest BCUT2D eigenvalue weighted by molar-refractivity contribution is -0.145. The van der Waals surface area contributed by atoms with Crippen LogP contribution in [0.5, 0.6) is 5.75 Å². The molecule has 3 aromatic rings. The van der Waals surface area contributed by atoms with Crippen molar-refractivity contribution in [3.8, 4) is 11.8 Å². The van der Waals surface area contributed by atoms with Gasteiger partial charge in [-0.2, -0.15) is 5.26 Å². The smallest absolute Gasteiger partial charge is 0.344 e. The average Bonchev–Trinajstić information content (AvgIpc) is 3.10. The largest absolute Gasteiger partial charge is 0.507 e. The molecule has 2 aromatic carbocycles. The third kappa shape index (κ3) is 4.30. The van der Waals surface area contributed by atoms with Crippen LogP contribution in [0, 0.1) is 25.2 Å². The minimum atomic E-state index is -0.659. The van der Waals surface area contributed by atoms with Gasteiger partial charge in [0.1, 0.15) is 24.0 Å². The van der Waals surface area contributed by atoms with Crippen LogP contribution in [0.1, 0.15) is 17.0 Å². The summed E-state index contributed by atoms with van der Waals surface area (Å²) in [5, 5.41) is 19.5. The topological polar surface area (TPSA) is 108 Å². The number of aromatic amines is 1. The molecule has 1 heterocycles. The number of fused-ring (bicyclic) bond motifs is 1. The van der Waals surface area contributed by atoms with Gasteiger partial charge < -0.3 is 19.6 Å². The van der Waals surface area contributed by atoms with Gasteiger partial charge in [-0.25, -0.2) is 9.78 Å². The third-order valence-electron chi connectivity index (χ3n) is 4.07. The van der Waals surface area contributed by atoms with E-state index in [0.717, 1.165) is 16.6 Å². The Morgan fingerprint density at radius 1 is 1.21 bits per heavy atom. The number of ether oxygens (including phenoxy) is 2. The van der Waals surface area contributed by atoms with E-state index in [9.17, 15) is 15.2 Å². The first-order valence-electron chi connectivity index (χ1n) is 8.61. The van der Waals surface area contributed by atoms with Crippen molar-refractivity contribution in [2.75, 3.05) is 13.2 Å². The summed E-state index contributed by atoms with van der Waals surface area (Å²) in [7, 11) is 0. The minimum Gasteiger partial charge on any atom is -0.507 e. The van der Waals surface area contributed by atoms with Gasteiger partial charge in [0.15, 0.2) is 18.2 Å². The Labute approximate surface area is 161 Å². The number of benzene rings is 2. The van der Waals surface area contributed by atoms with Gasteiger partial charge in [-0.15, -0.1) is 0 Å². The second-order valence-electron chi connectivity index (χ2n) is 6.25. The van der Waals surface area contributed by atoms with E-state index in [1.807, 2.05) is 50.2 Å². The van der Waals surface area contributed by atoms with Crippen LogP contribution in [-0.2, 0) is 9.53 Å². The van der Waals surface area contributed by atoms with E-state index in [-0.39, 0.29) is 23.8 Å². The minimum absolute atomic E-state index is 0.0840. The van der Waals surface area contributed by atoms with E-state index in [0.29, 0.717) is 11.3 Å². The summed E-state index contributed by atoms with van der Waals surface area (Å²) in [6, 6.07) is 14.7. The number of nitrogens with one attached hydrogen (secondary N) is 1. The third-order valence-corrected chi connectivity index (χ3v) is 4.07. The lowest BCUT2D eigenvalue weighted by atomic mass is 10.1. The second-order valence-corrected chi connectivity index (χ2v) is 6.25. The molecule has 28 heavy (non-hydrogen) atoms. The van der Waals surface area contributed by atoms with Crippen LogP contribution in [0.15, 0.2) is 48.2 Å². The van der Waals surface area contributed by atoms with E-state index in [4.69, 9.17) is 9.47 Å². The highest BCUT2D eigenvalue weighted by Gasteiger charge is 2.15. The van der Waals surface area contributed by atoms with Crippen LogP contribution < -0.4 is 4.74 Å². The molecule has 0 saturated carbocycles. The van der Waals surface area contributed by atoms with Gasteiger partial charge >= 0.3 is 5.97 Å². The summed E-state index contributed by atoms with van der Waals surface area (Å²) in [5.41, 5.74) is 3.32. The Balaban J connectivity index is 1.63. The summed E-state index contributed by atoms with van der Waals surface area (Å²) in [6.07, 6.45) is 0. The van der Waals surface area contributed by atoms with Crippen molar-refractivity contribution in [2.24, 2.45) is 0 Å². The Morgan fingerprint density at radius 3 is 2.71 bits per heavy atom. The quantitative estimate of drug-likeness (QED) is 0.386. The van der Waals surface area contributed by atoms with Crippen LogP contribution in [0.4, 0.5) is 0 Å². The monoisotopic (exact) mass is 377 g/mol. The number of esters is 1. The van der Waals surface area contributed by atoms with Gasteiger partial charge in [-0.05, 0) is 37.6 Å². The molecule has 0 spiro atoms. The Hall–Kier alpha value is -3.79. The Bertz CT molecular complexity index is 1060. The normalized spacial score (nSPS) is 11.6. The number of aliphatic hydroxyl groups is 1. The lowest BCUT2D eigenvalue weighted by Gasteiger charge is -2.10. The zero-order valence-corrected chi connectivity index (χ0v) is 15.5. The van der Waals surface area contributed by atoms with Crippen LogP contribution in [0.25, 0.3) is 16.6 Å². The first-order valence-corrected chi connectivity index (χ1v) is 8.61. The molecule has 0 amide bonds. The number of imidazole rings is 1. The number of allylic oxidation sites excluding steroid dienone is 1. The molecule has 0 radical (unpaired) electrons. The highest BCUT2D eigenvalue weighted by atomic mass is 16.6. The van der Waals surface area contributed by atoms with Crippen molar-refractivity contribution < 1.29 is 19.4 Å². The van der Waals surface area contributed by atoms with E-state index in [2.05, 4.69) is 9.97 Å². The molecule has 0 unspecified atom stereocenters. The van der Waals surface area contributed by atoms with Gasteiger partial charge in [0, 0.05) is 0 Å². The summed E-state index contributed by atoms with van der Waals surface area (Å²) < 4.78 is 10.4. The number of carbonyl (C=O) groups is 1. The summed E-state index contributed by atoms with van der Waals surface area (Å²) in [6.45, 7) is 3.10. The number of hydrogen-bond acceptors (Lipinski definition) is 6. The maximum absolute atomic E-state index is 11.9. The number of carbonyl (C=O) groups excluding carboxylic acids is 1. The number of H-pyrrole nitrogens is 1. The van der Waals surface area contributed by atoms with Crippen molar-refractivity contribution in [2.45, 2.75) is 13.8 Å². The van der Waals surface area contributed by atoms with Crippen molar-refractivity contribution in [1.29, 1.82) is 5.26 Å². The van der Waals surface area contributed by atoms with Crippen LogP contribution in [-0.4, -0.2) is 34.3 Å². The maximum atomic E-state index is 11.9. The zero-order valence-electron chi connectivity index (χ0n) is 15.5. The summed E-state index contributed by atoms with van der Waals surface area (Å²) in [5.74, 6) is -0.249. The first kappa shape index (κ1) is 19.0. The molecule has 1 aromatic heterocycles. The number of hydrogen-bond donors (Lipinski definition) is 2. The molecule has 142 valence electrons. The first-order chi connectivity index (χ1) is 13.5. The molecule has 0 saturated heterocycles. The van der Waals surface area contributed by atoms with Crippen molar-refractivity contribution in [3.63, 3.8) is 0 Å². The van der Waals surface area contributed by atoms with E-state index < -0.39 is 12.6 Å². The number of para-hydroxylation sites is 2. The zero-order chi connectivity index (χ0) is 20.1.